The minimum absolute atomic E-state index is 0.250. The van der Waals surface area contributed by atoms with Crippen LogP contribution in [0.1, 0.15) is 21.9 Å². The third-order valence-corrected chi connectivity index (χ3v) is 3.03. The number of halogens is 2. The number of aliphatic hydroxyl groups is 1. The fourth-order valence-corrected chi connectivity index (χ4v) is 2.13. The lowest BCUT2D eigenvalue weighted by Gasteiger charge is -2.13. The second kappa shape index (κ2) is 6.76. The van der Waals surface area contributed by atoms with Crippen LogP contribution in [0.4, 0.5) is 8.78 Å². The van der Waals surface area contributed by atoms with Crippen molar-refractivity contribution in [3.63, 3.8) is 0 Å². The van der Waals surface area contributed by atoms with Crippen LogP contribution in [0.2, 0.25) is 0 Å². The Morgan fingerprint density at radius 1 is 1.42 bits per heavy atom. The molecule has 8 heteroatoms. The molecule has 0 saturated heterocycles. The van der Waals surface area contributed by atoms with Crippen LogP contribution in [0.25, 0.3) is 0 Å². The molecule has 0 aromatic carbocycles. The van der Waals surface area contributed by atoms with Gasteiger partial charge >= 0.3 is 0 Å². The molecule has 1 atom stereocenters. The van der Waals surface area contributed by atoms with Crippen LogP contribution in [0.15, 0.2) is 5.03 Å². The summed E-state index contributed by atoms with van der Waals surface area (Å²) in [5, 5.41) is 11.7. The predicted molar refractivity (Wildman–Crippen MR) is 67.6 cm³/mol. The van der Waals surface area contributed by atoms with E-state index in [4.69, 9.17) is 5.11 Å². The van der Waals surface area contributed by atoms with Gasteiger partial charge in [-0.15, -0.1) is 11.8 Å². The number of nitrogens with zero attached hydrogens (tertiary/aromatic N) is 2. The molecule has 0 spiro atoms. The van der Waals surface area contributed by atoms with Gasteiger partial charge in [-0.2, -0.15) is 0 Å². The van der Waals surface area contributed by atoms with Gasteiger partial charge in [0.1, 0.15) is 17.0 Å². The van der Waals surface area contributed by atoms with E-state index in [1.165, 1.54) is 11.8 Å². The molecule has 0 radical (unpaired) electrons. The van der Waals surface area contributed by atoms with E-state index >= 15 is 0 Å². The zero-order valence-electron chi connectivity index (χ0n) is 10.8. The number of amides is 1. The highest BCUT2D eigenvalue weighted by atomic mass is 32.2. The standard InChI is InChI=1S/C11H15F2N3O2S/c1-5-8(11(19-3)16-6(2)15-5)10(18)14-4-7(17)9(12)13/h7,9,17H,4H2,1-3H3,(H,14,18). The number of alkyl halides is 2. The first-order valence-electron chi connectivity index (χ1n) is 5.50. The van der Waals surface area contributed by atoms with Crippen LogP contribution in [-0.2, 0) is 0 Å². The molecule has 2 N–H and O–H groups in total. The Kier molecular flexibility index (Phi) is 5.61. The summed E-state index contributed by atoms with van der Waals surface area (Å²) in [6.07, 6.45) is -3.02. The van der Waals surface area contributed by atoms with Crippen molar-refractivity contribution < 1.29 is 18.7 Å². The highest BCUT2D eigenvalue weighted by Crippen LogP contribution is 2.20. The number of carbonyl (C=O) groups excluding carboxylic acids is 1. The normalized spacial score (nSPS) is 12.6. The summed E-state index contributed by atoms with van der Waals surface area (Å²) in [5.41, 5.74) is 0.723. The minimum Gasteiger partial charge on any atom is -0.385 e. The molecule has 0 aliphatic carbocycles. The molecule has 106 valence electrons. The summed E-state index contributed by atoms with van der Waals surface area (Å²) in [7, 11) is 0. The second-order valence-electron chi connectivity index (χ2n) is 3.85. The number of hydrogen-bond donors (Lipinski definition) is 2. The minimum atomic E-state index is -2.89. The van der Waals surface area contributed by atoms with Crippen molar-refractivity contribution >= 4 is 17.7 Å². The molecule has 1 aromatic rings. The van der Waals surface area contributed by atoms with Crippen LogP contribution >= 0.6 is 11.8 Å². The maximum atomic E-state index is 12.1. The molecule has 0 aliphatic heterocycles. The first-order chi connectivity index (χ1) is 8.86. The number of nitrogens with one attached hydrogen (secondary N) is 1. The smallest absolute Gasteiger partial charge is 0.265 e. The zero-order chi connectivity index (χ0) is 14.6. The highest BCUT2D eigenvalue weighted by molar-refractivity contribution is 7.98. The molecule has 1 aromatic heterocycles. The second-order valence-corrected chi connectivity index (χ2v) is 4.65. The lowest BCUT2D eigenvalue weighted by Crippen LogP contribution is -2.36. The SMILES string of the molecule is CSc1nc(C)nc(C)c1C(=O)NCC(O)C(F)F. The van der Waals surface area contributed by atoms with Gasteiger partial charge in [0.15, 0.2) is 0 Å². The van der Waals surface area contributed by atoms with Crippen molar-refractivity contribution in [1.82, 2.24) is 15.3 Å². The number of carbonyl (C=O) groups is 1. The van der Waals surface area contributed by atoms with Crippen LogP contribution in [0.3, 0.4) is 0 Å². The van der Waals surface area contributed by atoms with Crippen LogP contribution in [-0.4, -0.2) is 46.3 Å². The van der Waals surface area contributed by atoms with E-state index in [0.29, 0.717) is 16.5 Å². The van der Waals surface area contributed by atoms with Gasteiger partial charge in [0, 0.05) is 6.54 Å². The quantitative estimate of drug-likeness (QED) is 0.629. The number of aryl methyl sites for hydroxylation is 2. The molecular weight excluding hydrogens is 276 g/mol. The number of hydrogen-bond acceptors (Lipinski definition) is 5. The first-order valence-corrected chi connectivity index (χ1v) is 6.73. The van der Waals surface area contributed by atoms with Crippen molar-refractivity contribution in [1.29, 1.82) is 0 Å². The molecule has 0 aliphatic rings. The molecule has 1 amide bonds. The van der Waals surface area contributed by atoms with E-state index in [1.807, 2.05) is 0 Å². The topological polar surface area (TPSA) is 75.1 Å². The van der Waals surface area contributed by atoms with Gasteiger partial charge in [-0.3, -0.25) is 4.79 Å². The van der Waals surface area contributed by atoms with Crippen molar-refractivity contribution in [3.05, 3.63) is 17.1 Å². The number of aromatic nitrogens is 2. The maximum absolute atomic E-state index is 12.1. The Labute approximate surface area is 113 Å². The molecule has 0 saturated carbocycles. The average Bonchev–Trinajstić information content (AvgIpc) is 2.34. The molecule has 19 heavy (non-hydrogen) atoms. The number of thioether (sulfide) groups is 1. The molecule has 1 unspecified atom stereocenters. The van der Waals surface area contributed by atoms with E-state index in [2.05, 4.69) is 15.3 Å². The van der Waals surface area contributed by atoms with Crippen LogP contribution < -0.4 is 5.32 Å². The maximum Gasteiger partial charge on any atom is 0.265 e. The van der Waals surface area contributed by atoms with Crippen molar-refractivity contribution in [3.8, 4) is 0 Å². The summed E-state index contributed by atoms with van der Waals surface area (Å²) < 4.78 is 24.3. The first kappa shape index (κ1) is 15.8. The molecular formula is C11H15F2N3O2S. The van der Waals surface area contributed by atoms with Gasteiger partial charge in [0.05, 0.1) is 11.3 Å². The fourth-order valence-electron chi connectivity index (χ4n) is 1.47. The third-order valence-electron chi connectivity index (χ3n) is 2.35. The van der Waals surface area contributed by atoms with Gasteiger partial charge in [-0.1, -0.05) is 0 Å². The van der Waals surface area contributed by atoms with E-state index in [-0.39, 0.29) is 5.56 Å². The Bertz CT molecular complexity index is 471. The van der Waals surface area contributed by atoms with Gasteiger partial charge in [-0.05, 0) is 20.1 Å². The van der Waals surface area contributed by atoms with Gasteiger partial charge in [0.25, 0.3) is 12.3 Å². The van der Waals surface area contributed by atoms with Gasteiger partial charge < -0.3 is 10.4 Å². The van der Waals surface area contributed by atoms with E-state index in [9.17, 15) is 13.6 Å². The summed E-state index contributed by atoms with van der Waals surface area (Å²) in [6, 6.07) is 0. The third kappa shape index (κ3) is 4.10. The largest absolute Gasteiger partial charge is 0.385 e. The predicted octanol–water partition coefficient (Wildman–Crippen LogP) is 1.17. The summed E-state index contributed by atoms with van der Waals surface area (Å²) in [6.45, 7) is 2.83. The van der Waals surface area contributed by atoms with Crippen LogP contribution in [0, 0.1) is 13.8 Å². The summed E-state index contributed by atoms with van der Waals surface area (Å²) in [5.74, 6) is -0.0347. The molecule has 1 heterocycles. The lowest BCUT2D eigenvalue weighted by atomic mass is 10.2. The van der Waals surface area contributed by atoms with E-state index in [0.717, 1.165) is 0 Å². The van der Waals surface area contributed by atoms with Gasteiger partial charge in [-0.25, -0.2) is 18.7 Å². The monoisotopic (exact) mass is 291 g/mol. The summed E-state index contributed by atoms with van der Waals surface area (Å²) >= 11 is 1.27. The Morgan fingerprint density at radius 2 is 2.05 bits per heavy atom. The molecule has 1 rings (SSSR count). The summed E-state index contributed by atoms with van der Waals surface area (Å²) in [4.78, 5) is 20.1. The number of rotatable bonds is 5. The zero-order valence-corrected chi connectivity index (χ0v) is 11.6. The van der Waals surface area contributed by atoms with Gasteiger partial charge in [0.2, 0.25) is 0 Å². The molecule has 0 fully saturated rings. The molecule has 0 bridgehead atoms. The van der Waals surface area contributed by atoms with Crippen molar-refractivity contribution in [2.24, 2.45) is 0 Å². The van der Waals surface area contributed by atoms with E-state index < -0.39 is 25.0 Å². The Morgan fingerprint density at radius 3 is 2.58 bits per heavy atom. The Hall–Kier alpha value is -1.28. The number of aliphatic hydroxyl groups excluding tert-OH is 1. The average molecular weight is 291 g/mol. The Balaban J connectivity index is 2.88. The van der Waals surface area contributed by atoms with Crippen LogP contribution in [0.5, 0.6) is 0 Å². The highest BCUT2D eigenvalue weighted by Gasteiger charge is 2.21. The molecule has 5 nitrogen and oxygen atoms in total. The fraction of sp³-hybridized carbons (Fsp3) is 0.545. The lowest BCUT2D eigenvalue weighted by molar-refractivity contribution is -0.00272. The van der Waals surface area contributed by atoms with E-state index in [1.54, 1.807) is 20.1 Å². The van der Waals surface area contributed by atoms with Crippen molar-refractivity contribution in [2.75, 3.05) is 12.8 Å². The van der Waals surface area contributed by atoms with Crippen molar-refractivity contribution in [2.45, 2.75) is 31.4 Å².